The summed E-state index contributed by atoms with van der Waals surface area (Å²) < 4.78 is 5.07. The largest absolute Gasteiger partial charge is 0.466 e. The molecule has 110 valence electrons. The van der Waals surface area contributed by atoms with E-state index >= 15 is 0 Å². The van der Waals surface area contributed by atoms with E-state index in [0.29, 0.717) is 6.61 Å². The predicted octanol–water partition coefficient (Wildman–Crippen LogP) is 1.75. The predicted molar refractivity (Wildman–Crippen MR) is 76.1 cm³/mol. The van der Waals surface area contributed by atoms with Crippen molar-refractivity contribution in [2.45, 2.75) is 45.6 Å². The van der Waals surface area contributed by atoms with Gasteiger partial charge in [0.2, 0.25) is 0 Å². The van der Waals surface area contributed by atoms with E-state index in [1.165, 1.54) is 38.8 Å². The monoisotopic (exact) mass is 268 g/mol. The molecule has 0 aromatic heterocycles. The minimum atomic E-state index is -0.0549. The van der Waals surface area contributed by atoms with Gasteiger partial charge in [-0.3, -0.25) is 14.6 Å². The Morgan fingerprint density at radius 3 is 2.42 bits per heavy atom. The molecular formula is C15H28N2O2. The highest BCUT2D eigenvalue weighted by molar-refractivity contribution is 5.72. The number of esters is 1. The number of hydrogen-bond donors (Lipinski definition) is 0. The highest BCUT2D eigenvalue weighted by Gasteiger charge is 2.27. The summed E-state index contributed by atoms with van der Waals surface area (Å²) in [6.45, 7) is 9.70. The van der Waals surface area contributed by atoms with Crippen LogP contribution in [0.25, 0.3) is 0 Å². The van der Waals surface area contributed by atoms with E-state index in [-0.39, 0.29) is 11.9 Å². The zero-order valence-corrected chi connectivity index (χ0v) is 12.4. The average Bonchev–Trinajstić information content (AvgIpc) is 2.94. The topological polar surface area (TPSA) is 32.8 Å². The molecule has 2 rings (SSSR count). The number of rotatable bonds is 5. The Labute approximate surface area is 117 Å². The van der Waals surface area contributed by atoms with Crippen molar-refractivity contribution in [3.63, 3.8) is 0 Å². The fourth-order valence-electron chi connectivity index (χ4n) is 3.33. The van der Waals surface area contributed by atoms with Crippen LogP contribution in [0.5, 0.6) is 0 Å². The van der Waals surface area contributed by atoms with E-state index < -0.39 is 0 Å². The summed E-state index contributed by atoms with van der Waals surface area (Å²) >= 11 is 0. The Hall–Kier alpha value is -0.610. The van der Waals surface area contributed by atoms with Crippen molar-refractivity contribution >= 4 is 5.97 Å². The van der Waals surface area contributed by atoms with Crippen LogP contribution in [0, 0.1) is 5.92 Å². The van der Waals surface area contributed by atoms with Gasteiger partial charge in [0.15, 0.2) is 0 Å². The van der Waals surface area contributed by atoms with E-state index in [4.69, 9.17) is 4.74 Å². The lowest BCUT2D eigenvalue weighted by atomic mass is 10.1. The molecule has 2 aliphatic rings. The third kappa shape index (κ3) is 4.18. The summed E-state index contributed by atoms with van der Waals surface area (Å²) in [7, 11) is 0. The molecule has 0 aromatic rings. The molecule has 19 heavy (non-hydrogen) atoms. The third-order valence-corrected chi connectivity index (χ3v) is 4.47. The Balaban J connectivity index is 1.69. The normalized spacial score (nSPS) is 24.5. The smallest absolute Gasteiger partial charge is 0.309 e. The van der Waals surface area contributed by atoms with Gasteiger partial charge >= 0.3 is 5.97 Å². The Morgan fingerprint density at radius 2 is 1.84 bits per heavy atom. The second-order valence-corrected chi connectivity index (χ2v) is 5.93. The van der Waals surface area contributed by atoms with Gasteiger partial charge in [0.25, 0.3) is 0 Å². The summed E-state index contributed by atoms with van der Waals surface area (Å²) in [5, 5.41) is 0. The van der Waals surface area contributed by atoms with Crippen LogP contribution in [-0.2, 0) is 9.53 Å². The summed E-state index contributed by atoms with van der Waals surface area (Å²) in [6, 6.07) is 0.838. The van der Waals surface area contributed by atoms with Crippen LogP contribution in [0.2, 0.25) is 0 Å². The quantitative estimate of drug-likeness (QED) is 0.711. The lowest BCUT2D eigenvalue weighted by molar-refractivity contribution is -0.148. The average molecular weight is 268 g/mol. The first-order valence-corrected chi connectivity index (χ1v) is 7.83. The molecule has 1 aliphatic heterocycles. The SMILES string of the molecule is CCOC(=O)C(C)CN1CCN(C2CCCC2)CC1. The number of ether oxygens (including phenoxy) is 1. The summed E-state index contributed by atoms with van der Waals surface area (Å²) in [5.41, 5.74) is 0. The Bertz CT molecular complexity index is 282. The lowest BCUT2D eigenvalue weighted by Crippen LogP contribution is -2.51. The molecule has 0 amide bonds. The van der Waals surface area contributed by atoms with E-state index in [2.05, 4.69) is 9.80 Å². The fraction of sp³-hybridized carbons (Fsp3) is 0.933. The number of nitrogens with zero attached hydrogens (tertiary/aromatic N) is 2. The molecule has 0 spiro atoms. The van der Waals surface area contributed by atoms with Gasteiger partial charge in [0.05, 0.1) is 12.5 Å². The van der Waals surface area contributed by atoms with Gasteiger partial charge in [0.1, 0.15) is 0 Å². The van der Waals surface area contributed by atoms with E-state index in [9.17, 15) is 4.79 Å². The minimum absolute atomic E-state index is 0.00187. The maximum absolute atomic E-state index is 11.6. The van der Waals surface area contributed by atoms with Gasteiger partial charge in [-0.2, -0.15) is 0 Å². The highest BCUT2D eigenvalue weighted by Crippen LogP contribution is 2.24. The molecule has 4 heteroatoms. The molecule has 1 heterocycles. The second-order valence-electron chi connectivity index (χ2n) is 5.93. The number of carbonyl (C=O) groups excluding carboxylic acids is 1. The van der Waals surface area contributed by atoms with Crippen LogP contribution in [0.1, 0.15) is 39.5 Å². The number of piperazine rings is 1. The molecule has 0 N–H and O–H groups in total. The van der Waals surface area contributed by atoms with Crippen molar-refractivity contribution in [2.24, 2.45) is 5.92 Å². The minimum Gasteiger partial charge on any atom is -0.466 e. The van der Waals surface area contributed by atoms with E-state index in [1.807, 2.05) is 13.8 Å². The maximum Gasteiger partial charge on any atom is 0.309 e. The van der Waals surface area contributed by atoms with Gasteiger partial charge in [-0.25, -0.2) is 0 Å². The number of hydrogen-bond acceptors (Lipinski definition) is 4. The molecule has 0 radical (unpaired) electrons. The van der Waals surface area contributed by atoms with Crippen molar-refractivity contribution in [1.82, 2.24) is 9.80 Å². The lowest BCUT2D eigenvalue weighted by Gasteiger charge is -2.38. The first-order chi connectivity index (χ1) is 9.20. The molecule has 1 unspecified atom stereocenters. The fourth-order valence-corrected chi connectivity index (χ4v) is 3.33. The molecular weight excluding hydrogens is 240 g/mol. The van der Waals surface area contributed by atoms with E-state index in [1.54, 1.807) is 0 Å². The maximum atomic E-state index is 11.6. The molecule has 1 atom stereocenters. The third-order valence-electron chi connectivity index (χ3n) is 4.47. The van der Waals surface area contributed by atoms with Crippen LogP contribution in [0.4, 0.5) is 0 Å². The molecule has 1 saturated carbocycles. The second kappa shape index (κ2) is 7.25. The van der Waals surface area contributed by atoms with Gasteiger partial charge in [0, 0.05) is 38.8 Å². The van der Waals surface area contributed by atoms with E-state index in [0.717, 1.165) is 25.7 Å². The van der Waals surface area contributed by atoms with Crippen LogP contribution in [0.15, 0.2) is 0 Å². The molecule has 1 aliphatic carbocycles. The van der Waals surface area contributed by atoms with Crippen molar-refractivity contribution in [3.05, 3.63) is 0 Å². The van der Waals surface area contributed by atoms with Crippen molar-refractivity contribution in [3.8, 4) is 0 Å². The summed E-state index contributed by atoms with van der Waals surface area (Å²) in [4.78, 5) is 16.7. The zero-order valence-electron chi connectivity index (χ0n) is 12.4. The van der Waals surface area contributed by atoms with Gasteiger partial charge in [-0.15, -0.1) is 0 Å². The molecule has 2 fully saturated rings. The molecule has 1 saturated heterocycles. The van der Waals surface area contributed by atoms with Crippen LogP contribution in [0.3, 0.4) is 0 Å². The first kappa shape index (κ1) is 14.8. The van der Waals surface area contributed by atoms with Crippen LogP contribution < -0.4 is 0 Å². The molecule has 0 aromatic carbocycles. The zero-order chi connectivity index (χ0) is 13.7. The van der Waals surface area contributed by atoms with Crippen LogP contribution >= 0.6 is 0 Å². The summed E-state index contributed by atoms with van der Waals surface area (Å²) in [6.07, 6.45) is 5.59. The van der Waals surface area contributed by atoms with Crippen molar-refractivity contribution in [1.29, 1.82) is 0 Å². The van der Waals surface area contributed by atoms with Crippen molar-refractivity contribution in [2.75, 3.05) is 39.3 Å². The number of carbonyl (C=O) groups is 1. The first-order valence-electron chi connectivity index (χ1n) is 7.83. The Morgan fingerprint density at radius 1 is 1.21 bits per heavy atom. The Kier molecular flexibility index (Phi) is 5.64. The van der Waals surface area contributed by atoms with Gasteiger partial charge < -0.3 is 4.74 Å². The summed E-state index contributed by atoms with van der Waals surface area (Å²) in [5.74, 6) is -0.0568. The molecule has 4 nitrogen and oxygen atoms in total. The van der Waals surface area contributed by atoms with Crippen molar-refractivity contribution < 1.29 is 9.53 Å². The highest BCUT2D eigenvalue weighted by atomic mass is 16.5. The van der Waals surface area contributed by atoms with Gasteiger partial charge in [-0.1, -0.05) is 19.8 Å². The molecule has 0 bridgehead atoms. The van der Waals surface area contributed by atoms with Crippen LogP contribution in [-0.4, -0.2) is 61.1 Å². The van der Waals surface area contributed by atoms with Gasteiger partial charge in [-0.05, 0) is 19.8 Å². The standard InChI is InChI=1S/C15H28N2O2/c1-3-19-15(18)13(2)12-16-8-10-17(11-9-16)14-6-4-5-7-14/h13-14H,3-12H2,1-2H3.